The van der Waals surface area contributed by atoms with Crippen LogP contribution in [0.3, 0.4) is 0 Å². The lowest BCUT2D eigenvalue weighted by atomic mass is 10.3. The molecule has 0 saturated heterocycles. The predicted octanol–water partition coefficient (Wildman–Crippen LogP) is 0.718. The predicted molar refractivity (Wildman–Crippen MR) is 63.0 cm³/mol. The van der Waals surface area contributed by atoms with E-state index in [9.17, 15) is 9.59 Å². The van der Waals surface area contributed by atoms with E-state index in [0.717, 1.165) is 0 Å². The first-order valence-corrected chi connectivity index (χ1v) is 5.34. The molecular weight excluding hydrogens is 222 g/mol. The Bertz CT molecular complexity index is 407. The third kappa shape index (κ3) is 4.50. The van der Waals surface area contributed by atoms with E-state index in [1.54, 1.807) is 12.1 Å². The van der Waals surface area contributed by atoms with Crippen LogP contribution in [0, 0.1) is 0 Å². The van der Waals surface area contributed by atoms with Gasteiger partial charge in [0.25, 0.3) is 0 Å². The van der Waals surface area contributed by atoms with Crippen molar-refractivity contribution in [2.75, 3.05) is 18.4 Å². The largest absolute Gasteiger partial charge is 0.477 e. The van der Waals surface area contributed by atoms with Gasteiger partial charge in [0.05, 0.1) is 0 Å². The summed E-state index contributed by atoms with van der Waals surface area (Å²) in [7, 11) is 0. The summed E-state index contributed by atoms with van der Waals surface area (Å²) >= 11 is 0. The number of hydrogen-bond donors (Lipinski definition) is 3. The monoisotopic (exact) mass is 237 g/mol. The SMILES string of the molecule is CCNC(=O)CCNc1cccc(C(=O)O)n1. The van der Waals surface area contributed by atoms with Crippen molar-refractivity contribution in [3.8, 4) is 0 Å². The second kappa shape index (κ2) is 6.47. The maximum atomic E-state index is 11.1. The van der Waals surface area contributed by atoms with Gasteiger partial charge in [-0.05, 0) is 19.1 Å². The average Bonchev–Trinajstić information content (AvgIpc) is 2.30. The molecule has 0 bridgehead atoms. The molecule has 6 heteroatoms. The van der Waals surface area contributed by atoms with E-state index in [0.29, 0.717) is 25.3 Å². The van der Waals surface area contributed by atoms with E-state index in [4.69, 9.17) is 5.11 Å². The van der Waals surface area contributed by atoms with Crippen molar-refractivity contribution in [3.05, 3.63) is 23.9 Å². The third-order valence-corrected chi connectivity index (χ3v) is 2.00. The number of carbonyl (C=O) groups excluding carboxylic acids is 1. The molecule has 92 valence electrons. The van der Waals surface area contributed by atoms with Gasteiger partial charge < -0.3 is 15.7 Å². The van der Waals surface area contributed by atoms with Crippen molar-refractivity contribution in [2.45, 2.75) is 13.3 Å². The molecule has 1 heterocycles. The number of rotatable bonds is 6. The van der Waals surface area contributed by atoms with Crippen LogP contribution in [0.15, 0.2) is 18.2 Å². The minimum atomic E-state index is -1.07. The van der Waals surface area contributed by atoms with Crippen molar-refractivity contribution in [3.63, 3.8) is 0 Å². The molecule has 1 amide bonds. The van der Waals surface area contributed by atoms with Gasteiger partial charge in [0.2, 0.25) is 5.91 Å². The standard InChI is InChI=1S/C11H15N3O3/c1-2-12-10(15)6-7-13-9-5-3-4-8(14-9)11(16)17/h3-5H,2,6-7H2,1H3,(H,12,15)(H,13,14)(H,16,17). The number of carboxylic acid groups (broad SMARTS) is 1. The molecule has 0 aromatic carbocycles. The molecule has 0 fully saturated rings. The summed E-state index contributed by atoms with van der Waals surface area (Å²) in [6.45, 7) is 2.87. The molecule has 0 aliphatic rings. The lowest BCUT2D eigenvalue weighted by Crippen LogP contribution is -2.24. The molecule has 0 unspecified atom stereocenters. The van der Waals surface area contributed by atoms with E-state index in [1.165, 1.54) is 6.07 Å². The number of aromatic nitrogens is 1. The third-order valence-electron chi connectivity index (χ3n) is 2.00. The van der Waals surface area contributed by atoms with Crippen molar-refractivity contribution >= 4 is 17.7 Å². The van der Waals surface area contributed by atoms with E-state index >= 15 is 0 Å². The molecule has 6 nitrogen and oxygen atoms in total. The molecule has 0 saturated carbocycles. The van der Waals surface area contributed by atoms with Crippen LogP contribution in [-0.4, -0.2) is 35.1 Å². The first-order chi connectivity index (χ1) is 8.13. The van der Waals surface area contributed by atoms with E-state index in [-0.39, 0.29) is 11.6 Å². The zero-order valence-electron chi connectivity index (χ0n) is 9.56. The Hall–Kier alpha value is -2.11. The van der Waals surface area contributed by atoms with Crippen molar-refractivity contribution in [2.24, 2.45) is 0 Å². The molecule has 0 atom stereocenters. The first kappa shape index (κ1) is 13.0. The van der Waals surface area contributed by atoms with Gasteiger partial charge in [-0.2, -0.15) is 0 Å². The van der Waals surface area contributed by atoms with Crippen LogP contribution in [0.2, 0.25) is 0 Å². The Morgan fingerprint density at radius 2 is 2.18 bits per heavy atom. The highest BCUT2D eigenvalue weighted by molar-refractivity contribution is 5.85. The average molecular weight is 237 g/mol. The van der Waals surface area contributed by atoms with Gasteiger partial charge >= 0.3 is 5.97 Å². The molecule has 0 spiro atoms. The Morgan fingerprint density at radius 3 is 2.82 bits per heavy atom. The number of anilines is 1. The quantitative estimate of drug-likeness (QED) is 0.678. The fourth-order valence-electron chi connectivity index (χ4n) is 1.24. The maximum Gasteiger partial charge on any atom is 0.354 e. The van der Waals surface area contributed by atoms with E-state index in [1.807, 2.05) is 6.92 Å². The maximum absolute atomic E-state index is 11.1. The zero-order chi connectivity index (χ0) is 12.7. The molecule has 1 aromatic rings. The number of nitrogens with zero attached hydrogens (tertiary/aromatic N) is 1. The fourth-order valence-corrected chi connectivity index (χ4v) is 1.24. The van der Waals surface area contributed by atoms with Crippen molar-refractivity contribution in [1.29, 1.82) is 0 Å². The number of amides is 1. The van der Waals surface area contributed by atoms with Gasteiger partial charge in [-0.25, -0.2) is 9.78 Å². The fraction of sp³-hybridized carbons (Fsp3) is 0.364. The lowest BCUT2D eigenvalue weighted by Gasteiger charge is -2.06. The summed E-state index contributed by atoms with van der Waals surface area (Å²) in [4.78, 5) is 25.7. The molecule has 0 radical (unpaired) electrons. The van der Waals surface area contributed by atoms with Gasteiger partial charge in [0.15, 0.2) is 5.69 Å². The molecule has 0 aliphatic carbocycles. The summed E-state index contributed by atoms with van der Waals surface area (Å²) in [5.74, 6) is -0.666. The highest BCUT2D eigenvalue weighted by Gasteiger charge is 2.05. The summed E-state index contributed by atoms with van der Waals surface area (Å²) in [6.07, 6.45) is 0.326. The van der Waals surface area contributed by atoms with Gasteiger partial charge in [-0.1, -0.05) is 6.07 Å². The second-order valence-electron chi connectivity index (χ2n) is 3.34. The van der Waals surface area contributed by atoms with Gasteiger partial charge in [0.1, 0.15) is 5.82 Å². The second-order valence-corrected chi connectivity index (χ2v) is 3.34. The Labute approximate surface area is 99.1 Å². The number of hydrogen-bond acceptors (Lipinski definition) is 4. The number of carbonyl (C=O) groups is 2. The van der Waals surface area contributed by atoms with Crippen LogP contribution in [0.25, 0.3) is 0 Å². The number of carboxylic acids is 1. The number of pyridine rings is 1. The minimum Gasteiger partial charge on any atom is -0.477 e. The molecule has 0 aliphatic heterocycles. The molecule has 17 heavy (non-hydrogen) atoms. The van der Waals surface area contributed by atoms with Crippen LogP contribution in [0.1, 0.15) is 23.8 Å². The molecular formula is C11H15N3O3. The summed E-state index contributed by atoms with van der Waals surface area (Å²) in [6, 6.07) is 4.67. The smallest absolute Gasteiger partial charge is 0.354 e. The topological polar surface area (TPSA) is 91.3 Å². The highest BCUT2D eigenvalue weighted by atomic mass is 16.4. The Kier molecular flexibility index (Phi) is 4.93. The van der Waals surface area contributed by atoms with E-state index < -0.39 is 5.97 Å². The van der Waals surface area contributed by atoms with Crippen molar-refractivity contribution < 1.29 is 14.7 Å². The van der Waals surface area contributed by atoms with Crippen LogP contribution in [0.5, 0.6) is 0 Å². The molecule has 1 rings (SSSR count). The minimum absolute atomic E-state index is 0.0204. The molecule has 3 N–H and O–H groups in total. The Morgan fingerprint density at radius 1 is 1.41 bits per heavy atom. The Balaban J connectivity index is 2.44. The highest BCUT2D eigenvalue weighted by Crippen LogP contribution is 2.04. The zero-order valence-corrected chi connectivity index (χ0v) is 9.56. The van der Waals surface area contributed by atoms with Crippen LogP contribution < -0.4 is 10.6 Å². The first-order valence-electron chi connectivity index (χ1n) is 5.34. The van der Waals surface area contributed by atoms with Gasteiger partial charge in [-0.3, -0.25) is 4.79 Å². The van der Waals surface area contributed by atoms with Gasteiger partial charge in [-0.15, -0.1) is 0 Å². The van der Waals surface area contributed by atoms with E-state index in [2.05, 4.69) is 15.6 Å². The van der Waals surface area contributed by atoms with Crippen molar-refractivity contribution in [1.82, 2.24) is 10.3 Å². The summed E-state index contributed by atoms with van der Waals surface area (Å²) in [5.41, 5.74) is -0.0204. The van der Waals surface area contributed by atoms with Crippen LogP contribution >= 0.6 is 0 Å². The number of aromatic carboxylic acids is 1. The normalized spacial score (nSPS) is 9.71. The van der Waals surface area contributed by atoms with Crippen LogP contribution in [-0.2, 0) is 4.79 Å². The molecule has 1 aromatic heterocycles. The number of nitrogens with one attached hydrogen (secondary N) is 2. The lowest BCUT2D eigenvalue weighted by molar-refractivity contribution is -0.120. The van der Waals surface area contributed by atoms with Gasteiger partial charge in [0, 0.05) is 19.5 Å². The van der Waals surface area contributed by atoms with Crippen LogP contribution in [0.4, 0.5) is 5.82 Å². The summed E-state index contributed by atoms with van der Waals surface area (Å²) < 4.78 is 0. The summed E-state index contributed by atoms with van der Waals surface area (Å²) in [5, 5.41) is 14.3.